The molecule has 0 aliphatic rings. The van der Waals surface area contributed by atoms with E-state index in [-0.39, 0.29) is 5.92 Å². The summed E-state index contributed by atoms with van der Waals surface area (Å²) in [5.74, 6) is 0.0300. The van der Waals surface area contributed by atoms with E-state index >= 15 is 0 Å². The summed E-state index contributed by atoms with van der Waals surface area (Å²) in [6, 6.07) is 11.2. The van der Waals surface area contributed by atoms with Crippen LogP contribution in [0.1, 0.15) is 24.0 Å². The third-order valence-electron chi connectivity index (χ3n) is 2.90. The zero-order valence-corrected chi connectivity index (χ0v) is 12.6. The van der Waals surface area contributed by atoms with E-state index in [0.717, 1.165) is 11.1 Å². The van der Waals surface area contributed by atoms with Crippen molar-refractivity contribution in [2.24, 2.45) is 0 Å². The van der Waals surface area contributed by atoms with Crippen LogP contribution in [-0.4, -0.2) is 0 Å². The molecule has 2 aromatic rings. The highest BCUT2D eigenvalue weighted by molar-refractivity contribution is 6.43. The molecule has 0 fully saturated rings. The van der Waals surface area contributed by atoms with Gasteiger partial charge in [0.1, 0.15) is 0 Å². The van der Waals surface area contributed by atoms with Crippen molar-refractivity contribution in [3.8, 4) is 0 Å². The second kappa shape index (κ2) is 5.71. The van der Waals surface area contributed by atoms with Gasteiger partial charge < -0.3 is 0 Å². The molecule has 0 atom stereocenters. The Balaban J connectivity index is 2.51. The molecule has 0 bridgehead atoms. The lowest BCUT2D eigenvalue weighted by Gasteiger charge is -2.16. The Morgan fingerprint density at radius 1 is 0.722 bits per heavy atom. The van der Waals surface area contributed by atoms with Gasteiger partial charge in [-0.2, -0.15) is 0 Å². The van der Waals surface area contributed by atoms with Gasteiger partial charge in [0.15, 0.2) is 0 Å². The molecule has 0 N–H and O–H groups in total. The van der Waals surface area contributed by atoms with Crippen LogP contribution in [0.5, 0.6) is 0 Å². The molecule has 18 heavy (non-hydrogen) atoms. The van der Waals surface area contributed by atoms with Crippen LogP contribution >= 0.6 is 46.4 Å². The second-order valence-corrected chi connectivity index (χ2v) is 5.58. The van der Waals surface area contributed by atoms with Crippen LogP contribution < -0.4 is 0 Å². The van der Waals surface area contributed by atoms with E-state index in [4.69, 9.17) is 46.4 Å². The molecule has 0 aliphatic carbocycles. The summed E-state index contributed by atoms with van der Waals surface area (Å²) in [5, 5.41) is 2.20. The van der Waals surface area contributed by atoms with E-state index in [9.17, 15) is 0 Å². The monoisotopic (exact) mass is 318 g/mol. The Bertz CT molecular complexity index is 527. The molecule has 4 heteroatoms. The number of halogens is 4. The maximum atomic E-state index is 6.22. The maximum absolute atomic E-state index is 6.22. The van der Waals surface area contributed by atoms with Gasteiger partial charge in [-0.05, 0) is 23.3 Å². The zero-order chi connectivity index (χ0) is 13.3. The first-order chi connectivity index (χ1) is 8.52. The van der Waals surface area contributed by atoms with Crippen molar-refractivity contribution in [2.75, 3.05) is 0 Å². The molecule has 0 spiro atoms. The van der Waals surface area contributed by atoms with Gasteiger partial charge in [-0.15, -0.1) is 0 Å². The van der Waals surface area contributed by atoms with Gasteiger partial charge in [0.05, 0.1) is 20.1 Å². The zero-order valence-electron chi connectivity index (χ0n) is 9.55. The first-order valence-electron chi connectivity index (χ1n) is 5.40. The third kappa shape index (κ3) is 2.62. The lowest BCUT2D eigenvalue weighted by atomic mass is 9.93. The van der Waals surface area contributed by atoms with Crippen LogP contribution in [0.25, 0.3) is 0 Å². The number of hydrogen-bond donors (Lipinski definition) is 0. The number of benzene rings is 2. The van der Waals surface area contributed by atoms with Crippen molar-refractivity contribution in [1.29, 1.82) is 0 Å². The Morgan fingerprint density at radius 3 is 1.50 bits per heavy atom. The molecular weight excluding hydrogens is 310 g/mol. The van der Waals surface area contributed by atoms with Crippen molar-refractivity contribution in [3.05, 3.63) is 67.6 Å². The van der Waals surface area contributed by atoms with E-state index in [1.807, 2.05) is 31.2 Å². The fourth-order valence-electron chi connectivity index (χ4n) is 1.88. The smallest absolute Gasteiger partial charge is 0.0630 e. The van der Waals surface area contributed by atoms with Crippen LogP contribution in [0, 0.1) is 0 Å². The van der Waals surface area contributed by atoms with Gasteiger partial charge in [-0.1, -0.05) is 77.6 Å². The number of rotatable bonds is 2. The molecule has 0 amide bonds. The van der Waals surface area contributed by atoms with Gasteiger partial charge >= 0.3 is 0 Å². The number of hydrogen-bond acceptors (Lipinski definition) is 0. The summed E-state index contributed by atoms with van der Waals surface area (Å²) in [6.07, 6.45) is 0. The molecule has 0 saturated heterocycles. The Labute approximate surface area is 126 Å². The molecule has 2 aromatic carbocycles. The molecule has 0 aromatic heterocycles. The summed E-state index contributed by atoms with van der Waals surface area (Å²) in [5.41, 5.74) is 1.88. The van der Waals surface area contributed by atoms with Crippen molar-refractivity contribution in [3.63, 3.8) is 0 Å². The minimum absolute atomic E-state index is 0.0300. The molecule has 0 saturated carbocycles. The average Bonchev–Trinajstić information content (AvgIpc) is 2.35. The maximum Gasteiger partial charge on any atom is 0.0630 e. The summed E-state index contributed by atoms with van der Waals surface area (Å²) in [7, 11) is 0. The van der Waals surface area contributed by atoms with E-state index in [1.54, 1.807) is 12.1 Å². The summed E-state index contributed by atoms with van der Waals surface area (Å²) < 4.78 is 0. The minimum atomic E-state index is 0.0300. The molecule has 94 valence electrons. The Morgan fingerprint density at radius 2 is 1.11 bits per heavy atom. The van der Waals surface area contributed by atoms with Crippen LogP contribution in [0.15, 0.2) is 36.4 Å². The minimum Gasteiger partial charge on any atom is -0.0827 e. The summed E-state index contributed by atoms with van der Waals surface area (Å²) >= 11 is 24.5. The predicted octanol–water partition coefficient (Wildman–Crippen LogP) is 6.45. The predicted molar refractivity (Wildman–Crippen MR) is 80.4 cm³/mol. The molecule has 0 heterocycles. The lowest BCUT2D eigenvalue weighted by Crippen LogP contribution is -1.98. The van der Waals surface area contributed by atoms with Gasteiger partial charge in [0.2, 0.25) is 0 Å². The quantitative estimate of drug-likeness (QED) is 0.596. The van der Waals surface area contributed by atoms with Gasteiger partial charge in [0.25, 0.3) is 0 Å². The van der Waals surface area contributed by atoms with E-state index in [2.05, 4.69) is 0 Å². The van der Waals surface area contributed by atoms with Crippen molar-refractivity contribution in [2.45, 2.75) is 12.8 Å². The highest BCUT2D eigenvalue weighted by Gasteiger charge is 2.17. The topological polar surface area (TPSA) is 0 Å². The summed E-state index contributed by atoms with van der Waals surface area (Å²) in [6.45, 7) is 2.02. The Kier molecular flexibility index (Phi) is 4.45. The van der Waals surface area contributed by atoms with Gasteiger partial charge in [-0.3, -0.25) is 0 Å². The molecule has 0 nitrogen and oxygen atoms in total. The average molecular weight is 320 g/mol. The van der Waals surface area contributed by atoms with Crippen LogP contribution in [0.2, 0.25) is 20.1 Å². The molecule has 2 rings (SSSR count). The van der Waals surface area contributed by atoms with Crippen LogP contribution in [0.3, 0.4) is 0 Å². The van der Waals surface area contributed by atoms with Crippen molar-refractivity contribution >= 4 is 46.4 Å². The Hall–Kier alpha value is -0.400. The van der Waals surface area contributed by atoms with Crippen LogP contribution in [-0.2, 0) is 0 Å². The molecule has 0 aliphatic heterocycles. The third-order valence-corrected chi connectivity index (χ3v) is 4.56. The fraction of sp³-hybridized carbons (Fsp3) is 0.143. The SMILES string of the molecule is CC(c1cccc(Cl)c1Cl)c1cccc(Cl)c1Cl. The van der Waals surface area contributed by atoms with Crippen LogP contribution in [0.4, 0.5) is 0 Å². The van der Waals surface area contributed by atoms with E-state index in [0.29, 0.717) is 20.1 Å². The van der Waals surface area contributed by atoms with Gasteiger partial charge in [-0.25, -0.2) is 0 Å². The van der Waals surface area contributed by atoms with E-state index in [1.165, 1.54) is 0 Å². The molecule has 0 unspecified atom stereocenters. The first kappa shape index (κ1) is 14.0. The normalized spacial score (nSPS) is 11.0. The summed E-state index contributed by atoms with van der Waals surface area (Å²) in [4.78, 5) is 0. The highest BCUT2D eigenvalue weighted by Crippen LogP contribution is 2.38. The fourth-order valence-corrected chi connectivity index (χ4v) is 2.82. The van der Waals surface area contributed by atoms with E-state index < -0.39 is 0 Å². The first-order valence-corrected chi connectivity index (χ1v) is 6.91. The second-order valence-electron chi connectivity index (χ2n) is 4.01. The lowest BCUT2D eigenvalue weighted by molar-refractivity contribution is 0.923. The molecular formula is C14H10Cl4. The van der Waals surface area contributed by atoms with Gasteiger partial charge in [0, 0.05) is 5.92 Å². The molecule has 0 radical (unpaired) electrons. The van der Waals surface area contributed by atoms with Crippen molar-refractivity contribution < 1.29 is 0 Å². The standard InChI is InChI=1S/C14H10Cl4/c1-8(9-4-2-6-11(15)13(9)17)10-5-3-7-12(16)14(10)18/h2-8H,1H3. The highest BCUT2D eigenvalue weighted by atomic mass is 35.5. The van der Waals surface area contributed by atoms with Crippen molar-refractivity contribution in [1.82, 2.24) is 0 Å². The largest absolute Gasteiger partial charge is 0.0827 e.